The van der Waals surface area contributed by atoms with Crippen molar-refractivity contribution < 1.29 is 35.5 Å². The Hall–Kier alpha value is -4.04. The number of fused-ring (bicyclic) bond motifs is 1. The van der Waals surface area contributed by atoms with Crippen molar-refractivity contribution in [3.63, 3.8) is 0 Å². The average Bonchev–Trinajstić information content (AvgIpc) is 2.89. The maximum absolute atomic E-state index is 15.4. The number of rotatable bonds is 6. The summed E-state index contributed by atoms with van der Waals surface area (Å²) >= 11 is 0. The Morgan fingerprint density at radius 3 is 2.39 bits per heavy atom. The van der Waals surface area contributed by atoms with Crippen molar-refractivity contribution >= 4 is 26.9 Å². The van der Waals surface area contributed by atoms with Crippen molar-refractivity contribution in [1.82, 2.24) is 15.0 Å². The van der Waals surface area contributed by atoms with Gasteiger partial charge in [-0.3, -0.25) is 0 Å². The predicted molar refractivity (Wildman–Crippen MR) is 143 cm³/mol. The van der Waals surface area contributed by atoms with E-state index in [1.807, 2.05) is 0 Å². The van der Waals surface area contributed by atoms with Gasteiger partial charge in [0.25, 0.3) is 0 Å². The zero-order valence-corrected chi connectivity index (χ0v) is 22.7. The first-order chi connectivity index (χ1) is 19.3. The van der Waals surface area contributed by atoms with Crippen molar-refractivity contribution in [3.8, 4) is 33.9 Å². The predicted octanol–water partition coefficient (Wildman–Crippen LogP) is 5.14. The molecule has 5 rings (SSSR count). The van der Waals surface area contributed by atoms with Crippen molar-refractivity contribution in [2.45, 2.75) is 49.5 Å². The van der Waals surface area contributed by atoms with Gasteiger partial charge in [0.05, 0.1) is 18.9 Å². The monoisotopic (exact) mass is 591 g/mol. The second-order valence-corrected chi connectivity index (χ2v) is 11.3. The largest absolute Gasteiger partial charge is 0.488 e. The van der Waals surface area contributed by atoms with E-state index in [0.29, 0.717) is 27.7 Å². The summed E-state index contributed by atoms with van der Waals surface area (Å²) in [4.78, 5) is 11.5. The fraction of sp³-hybridized carbons (Fsp3) is 0.296. The van der Waals surface area contributed by atoms with Gasteiger partial charge in [0.2, 0.25) is 27.8 Å². The van der Waals surface area contributed by atoms with Crippen molar-refractivity contribution in [2.24, 2.45) is 5.14 Å². The van der Waals surface area contributed by atoms with Crippen LogP contribution in [0.1, 0.15) is 31.4 Å². The molecule has 0 atom stereocenters. The number of aryl methyl sites for hydroxylation is 1. The highest BCUT2D eigenvalue weighted by atomic mass is 32.2. The molecule has 0 unspecified atom stereocenters. The van der Waals surface area contributed by atoms with Gasteiger partial charge in [-0.25, -0.2) is 46.1 Å². The first kappa shape index (κ1) is 28.5. The van der Waals surface area contributed by atoms with E-state index >= 15 is 4.39 Å². The Labute approximate surface area is 232 Å². The molecule has 4 N–H and O–H groups in total. The minimum atomic E-state index is -4.74. The number of nitrogens with two attached hydrogens (primary N) is 2. The molecule has 0 radical (unpaired) electrons. The molecule has 0 bridgehead atoms. The van der Waals surface area contributed by atoms with Crippen molar-refractivity contribution in [3.05, 3.63) is 53.9 Å². The number of alkyl halides is 2. The molecule has 9 nitrogen and oxygen atoms in total. The standard InChI is InChI=1S/C27H25F4N5O4S/c1-13-18-9-14(11-21(23(18)36-26(32)35-13)40-16-5-7-27(30,31)8-6-16)15-10-19(25(39-2)34-12-15)17-3-4-20(28)24(22(17)29)41(33,37)38/h3-4,9-12,16H,5-8H2,1-2H3,(H2,32,35,36)(H2,33,37,38). The summed E-state index contributed by atoms with van der Waals surface area (Å²) in [5.74, 6) is -5.26. The van der Waals surface area contributed by atoms with Crippen molar-refractivity contribution in [2.75, 3.05) is 12.8 Å². The molecule has 0 aliphatic heterocycles. The number of hydrogen-bond acceptors (Lipinski definition) is 8. The summed E-state index contributed by atoms with van der Waals surface area (Å²) in [6.07, 6.45) is 0.621. The Morgan fingerprint density at radius 2 is 1.73 bits per heavy atom. The summed E-state index contributed by atoms with van der Waals surface area (Å²) in [6, 6.07) is 6.68. The van der Waals surface area contributed by atoms with E-state index in [0.717, 1.165) is 12.1 Å². The number of anilines is 1. The molecule has 4 aromatic rings. The number of aromatic nitrogens is 3. The van der Waals surface area contributed by atoms with E-state index in [-0.39, 0.29) is 54.4 Å². The maximum Gasteiger partial charge on any atom is 0.248 e. The Bertz CT molecular complexity index is 1780. The molecule has 14 heteroatoms. The highest BCUT2D eigenvalue weighted by molar-refractivity contribution is 7.89. The normalized spacial score (nSPS) is 15.7. The van der Waals surface area contributed by atoms with Gasteiger partial charge < -0.3 is 15.2 Å². The van der Waals surface area contributed by atoms with E-state index in [1.54, 1.807) is 19.1 Å². The lowest BCUT2D eigenvalue weighted by atomic mass is 9.94. The van der Waals surface area contributed by atoms with E-state index in [9.17, 15) is 21.6 Å². The van der Waals surface area contributed by atoms with Gasteiger partial charge in [-0.1, -0.05) is 0 Å². The summed E-state index contributed by atoms with van der Waals surface area (Å²) in [6.45, 7) is 1.72. The molecule has 41 heavy (non-hydrogen) atoms. The van der Waals surface area contributed by atoms with E-state index in [4.69, 9.17) is 20.3 Å². The van der Waals surface area contributed by atoms with Crippen LogP contribution in [0.15, 0.2) is 41.4 Å². The number of ether oxygens (including phenoxy) is 2. The minimum Gasteiger partial charge on any atom is -0.488 e. The van der Waals surface area contributed by atoms with Gasteiger partial charge in [0.15, 0.2) is 10.7 Å². The molecule has 0 saturated heterocycles. The van der Waals surface area contributed by atoms with Crippen LogP contribution in [0.2, 0.25) is 0 Å². The van der Waals surface area contributed by atoms with Crippen LogP contribution in [0, 0.1) is 18.6 Å². The van der Waals surface area contributed by atoms with Gasteiger partial charge in [0, 0.05) is 41.1 Å². The maximum atomic E-state index is 15.4. The van der Waals surface area contributed by atoms with Crippen LogP contribution in [0.3, 0.4) is 0 Å². The highest BCUT2D eigenvalue weighted by Crippen LogP contribution is 2.40. The lowest BCUT2D eigenvalue weighted by Crippen LogP contribution is -2.30. The molecule has 1 aliphatic rings. The Kier molecular flexibility index (Phi) is 7.24. The van der Waals surface area contributed by atoms with E-state index in [2.05, 4.69) is 15.0 Å². The minimum absolute atomic E-state index is 0.00798. The fourth-order valence-corrected chi connectivity index (χ4v) is 5.60. The number of halogens is 4. The summed E-state index contributed by atoms with van der Waals surface area (Å²) in [5.41, 5.74) is 7.43. The molecular formula is C27H25F4N5O4S. The summed E-state index contributed by atoms with van der Waals surface area (Å²) in [5, 5.41) is 5.62. The second-order valence-electron chi connectivity index (χ2n) is 9.77. The molecule has 0 amide bonds. The Morgan fingerprint density at radius 1 is 1.02 bits per heavy atom. The molecule has 0 spiro atoms. The molecular weight excluding hydrogens is 566 g/mol. The third-order valence-corrected chi connectivity index (χ3v) is 7.88. The lowest BCUT2D eigenvalue weighted by molar-refractivity contribution is -0.0580. The SMILES string of the molecule is COc1ncc(-c2cc(OC3CCC(F)(F)CC3)c3nc(N)nc(C)c3c2)cc1-c1ccc(F)c(S(N)(=O)=O)c1F. The van der Waals surface area contributed by atoms with Crippen LogP contribution in [-0.4, -0.2) is 42.5 Å². The number of hydrogen-bond donors (Lipinski definition) is 2. The third-order valence-electron chi connectivity index (χ3n) is 6.93. The van der Waals surface area contributed by atoms with Gasteiger partial charge in [-0.05, 0) is 55.7 Å². The molecule has 2 aromatic heterocycles. The number of nitrogen functional groups attached to an aromatic ring is 1. The molecule has 216 valence electrons. The first-order valence-corrected chi connectivity index (χ1v) is 14.0. The molecule has 1 aliphatic carbocycles. The number of nitrogens with zero attached hydrogens (tertiary/aromatic N) is 3. The number of sulfonamides is 1. The number of primary sulfonamides is 1. The van der Waals surface area contributed by atoms with Gasteiger partial charge in [0.1, 0.15) is 17.1 Å². The topological polar surface area (TPSA) is 143 Å². The van der Waals surface area contributed by atoms with Crippen LogP contribution in [0.4, 0.5) is 23.5 Å². The Balaban J connectivity index is 1.66. The molecule has 2 aromatic carbocycles. The van der Waals surface area contributed by atoms with Crippen molar-refractivity contribution in [1.29, 1.82) is 0 Å². The smallest absolute Gasteiger partial charge is 0.248 e. The zero-order valence-electron chi connectivity index (χ0n) is 21.9. The van der Waals surface area contributed by atoms with Crippen LogP contribution in [0.25, 0.3) is 33.2 Å². The molecule has 1 saturated carbocycles. The zero-order chi connectivity index (χ0) is 29.7. The first-order valence-electron chi connectivity index (χ1n) is 12.5. The number of benzene rings is 2. The van der Waals surface area contributed by atoms with Gasteiger partial charge in [-0.15, -0.1) is 0 Å². The van der Waals surface area contributed by atoms with Crippen LogP contribution in [0.5, 0.6) is 11.6 Å². The van der Waals surface area contributed by atoms with E-state index < -0.39 is 38.6 Å². The van der Waals surface area contributed by atoms with Gasteiger partial charge >= 0.3 is 0 Å². The highest BCUT2D eigenvalue weighted by Gasteiger charge is 2.36. The molecule has 1 fully saturated rings. The quantitative estimate of drug-likeness (QED) is 0.294. The van der Waals surface area contributed by atoms with Gasteiger partial charge in [-0.2, -0.15) is 0 Å². The van der Waals surface area contributed by atoms with E-state index in [1.165, 1.54) is 19.4 Å². The second kappa shape index (κ2) is 10.4. The summed E-state index contributed by atoms with van der Waals surface area (Å²) < 4.78 is 92.3. The third kappa shape index (κ3) is 5.61. The fourth-order valence-electron chi connectivity index (χ4n) is 4.91. The summed E-state index contributed by atoms with van der Waals surface area (Å²) in [7, 11) is -3.45. The average molecular weight is 592 g/mol. The van der Waals surface area contributed by atoms with Crippen LogP contribution >= 0.6 is 0 Å². The van der Waals surface area contributed by atoms with Crippen LogP contribution in [-0.2, 0) is 10.0 Å². The molecule has 2 heterocycles. The number of pyridine rings is 1. The van der Waals surface area contributed by atoms with Crippen LogP contribution < -0.4 is 20.3 Å². The number of methoxy groups -OCH3 is 1. The lowest BCUT2D eigenvalue weighted by Gasteiger charge is -2.29.